The Hall–Kier alpha value is -6.52. The Bertz CT molecular complexity index is 2980. The van der Waals surface area contributed by atoms with Crippen molar-refractivity contribution in [2.45, 2.75) is 12.5 Å². The summed E-state index contributed by atoms with van der Waals surface area (Å²) in [4.78, 5) is 2.53. The number of fused-ring (bicyclic) bond motifs is 11. The van der Waals surface area contributed by atoms with Gasteiger partial charge >= 0.3 is 0 Å². The molecule has 1 atom stereocenters. The van der Waals surface area contributed by atoms with E-state index in [0.29, 0.717) is 0 Å². The highest BCUT2D eigenvalue weighted by Gasteiger charge is 2.34. The van der Waals surface area contributed by atoms with Crippen LogP contribution in [0, 0.1) is 0 Å². The number of para-hydroxylation sites is 4. The van der Waals surface area contributed by atoms with E-state index in [2.05, 4.69) is 167 Å². The van der Waals surface area contributed by atoms with Gasteiger partial charge in [0.05, 0.1) is 33.8 Å². The van der Waals surface area contributed by atoms with Gasteiger partial charge in [-0.25, -0.2) is 0 Å². The van der Waals surface area contributed by atoms with Gasteiger partial charge < -0.3 is 18.3 Å². The molecular weight excluding hydrogens is 613 g/mol. The lowest BCUT2D eigenvalue weighted by molar-refractivity contribution is 0.489. The van der Waals surface area contributed by atoms with Crippen molar-refractivity contribution in [1.29, 1.82) is 0 Å². The first-order chi connectivity index (χ1) is 24.8. The second kappa shape index (κ2) is 10.5. The molecule has 0 saturated carbocycles. The van der Waals surface area contributed by atoms with Gasteiger partial charge in [0.25, 0.3) is 0 Å². The van der Waals surface area contributed by atoms with Crippen molar-refractivity contribution in [2.24, 2.45) is 0 Å². The minimum Gasteiger partial charge on any atom is -0.458 e. The van der Waals surface area contributed by atoms with E-state index < -0.39 is 0 Å². The molecule has 4 heteroatoms. The maximum Gasteiger partial charge on any atom is 0.137 e. The summed E-state index contributed by atoms with van der Waals surface area (Å²) in [7, 11) is 0. The predicted molar refractivity (Wildman–Crippen MR) is 207 cm³/mol. The molecule has 50 heavy (non-hydrogen) atoms. The monoisotopic (exact) mass is 642 g/mol. The zero-order valence-electron chi connectivity index (χ0n) is 27.1. The van der Waals surface area contributed by atoms with Gasteiger partial charge in [-0.05, 0) is 65.7 Å². The first-order valence-corrected chi connectivity index (χ1v) is 17.2. The second-order valence-electron chi connectivity index (χ2n) is 13.2. The number of benzene rings is 7. The second-order valence-corrected chi connectivity index (χ2v) is 13.2. The SMILES string of the molecule is C1=Cc2c(oc3ccc4ccccc4c23)C(N(c2cccc3oc4ccccc4c23)c2cccc3c4ccccc4n(-c4ccccc4)c23)C1. The van der Waals surface area contributed by atoms with Crippen LogP contribution in [0.5, 0.6) is 0 Å². The summed E-state index contributed by atoms with van der Waals surface area (Å²) in [5, 5.41) is 8.21. The number of anilines is 2. The highest BCUT2D eigenvalue weighted by molar-refractivity contribution is 6.17. The van der Waals surface area contributed by atoms with Gasteiger partial charge in [0.2, 0.25) is 0 Å². The van der Waals surface area contributed by atoms with Crippen LogP contribution in [0.3, 0.4) is 0 Å². The largest absolute Gasteiger partial charge is 0.458 e. The molecule has 0 bridgehead atoms. The van der Waals surface area contributed by atoms with E-state index in [0.717, 1.165) is 67.8 Å². The van der Waals surface area contributed by atoms with Gasteiger partial charge in [-0.15, -0.1) is 0 Å². The predicted octanol–water partition coefficient (Wildman–Crippen LogP) is 12.9. The topological polar surface area (TPSA) is 34.5 Å². The fourth-order valence-electron chi connectivity index (χ4n) is 8.43. The van der Waals surface area contributed by atoms with E-state index >= 15 is 0 Å². The van der Waals surface area contributed by atoms with Gasteiger partial charge in [-0.2, -0.15) is 0 Å². The third-order valence-electron chi connectivity index (χ3n) is 10.5. The summed E-state index contributed by atoms with van der Waals surface area (Å²) in [6.07, 6.45) is 5.35. The Morgan fingerprint density at radius 3 is 2.14 bits per heavy atom. The molecule has 0 radical (unpaired) electrons. The minimum absolute atomic E-state index is 0.131. The molecule has 1 unspecified atom stereocenters. The van der Waals surface area contributed by atoms with Crippen LogP contribution < -0.4 is 4.90 Å². The van der Waals surface area contributed by atoms with E-state index in [1.54, 1.807) is 0 Å². The van der Waals surface area contributed by atoms with Crippen LogP contribution in [0.1, 0.15) is 23.8 Å². The first-order valence-electron chi connectivity index (χ1n) is 17.2. The standard InChI is InChI=1S/C46H30N2O2/c1-2-14-30(15-3-1)47-36-21-8-6-17-32(36)33-19-10-23-38(45(33)47)48(37-22-12-26-41-44(37)34-18-7-9-25-40(34)49-41)39-24-11-20-35-43-31-16-5-4-13-29(31)27-28-42(43)50-46(35)39/h1-23,25-28,39H,24H2. The van der Waals surface area contributed by atoms with Crippen molar-refractivity contribution >= 4 is 82.9 Å². The van der Waals surface area contributed by atoms with E-state index in [9.17, 15) is 0 Å². The Labute approximate surface area is 287 Å². The molecule has 3 aromatic heterocycles. The Balaban J connectivity index is 1.28. The molecule has 10 aromatic rings. The first kappa shape index (κ1) is 27.4. The smallest absolute Gasteiger partial charge is 0.137 e. The maximum absolute atomic E-state index is 6.98. The van der Waals surface area contributed by atoms with Crippen molar-refractivity contribution in [1.82, 2.24) is 4.57 Å². The highest BCUT2D eigenvalue weighted by atomic mass is 16.3. The summed E-state index contributed by atoms with van der Waals surface area (Å²) in [5.41, 5.74) is 9.45. The lowest BCUT2D eigenvalue weighted by Gasteiger charge is -2.35. The molecule has 4 nitrogen and oxygen atoms in total. The summed E-state index contributed by atoms with van der Waals surface area (Å²) >= 11 is 0. The Kier molecular flexibility index (Phi) is 5.75. The molecular formula is C46H30N2O2. The molecule has 236 valence electrons. The summed E-state index contributed by atoms with van der Waals surface area (Å²) in [6.45, 7) is 0. The third-order valence-corrected chi connectivity index (χ3v) is 10.5. The quantitative estimate of drug-likeness (QED) is 0.192. The molecule has 11 rings (SSSR count). The fourth-order valence-corrected chi connectivity index (χ4v) is 8.43. The van der Waals surface area contributed by atoms with Gasteiger partial charge in [-0.3, -0.25) is 0 Å². The van der Waals surface area contributed by atoms with Gasteiger partial charge in [-0.1, -0.05) is 115 Å². The van der Waals surface area contributed by atoms with E-state index in [1.165, 1.54) is 32.4 Å². The zero-order valence-corrected chi connectivity index (χ0v) is 27.1. The Morgan fingerprint density at radius 2 is 1.22 bits per heavy atom. The molecule has 0 spiro atoms. The summed E-state index contributed by atoms with van der Waals surface area (Å²) in [5.74, 6) is 0.975. The van der Waals surface area contributed by atoms with Crippen molar-refractivity contribution in [3.63, 3.8) is 0 Å². The van der Waals surface area contributed by atoms with Crippen LogP contribution >= 0.6 is 0 Å². The average molecular weight is 643 g/mol. The zero-order chi connectivity index (χ0) is 32.8. The number of nitrogens with zero attached hydrogens (tertiary/aromatic N) is 2. The van der Waals surface area contributed by atoms with Gasteiger partial charge in [0, 0.05) is 32.8 Å². The Morgan fingerprint density at radius 1 is 0.520 bits per heavy atom. The molecule has 0 amide bonds. The number of hydrogen-bond donors (Lipinski definition) is 0. The molecule has 0 aliphatic heterocycles. The highest BCUT2D eigenvalue weighted by Crippen LogP contribution is 2.51. The van der Waals surface area contributed by atoms with Crippen molar-refractivity contribution in [2.75, 3.05) is 4.90 Å². The van der Waals surface area contributed by atoms with Crippen LogP contribution in [0.2, 0.25) is 0 Å². The molecule has 0 saturated heterocycles. The third kappa shape index (κ3) is 3.81. The maximum atomic E-state index is 6.98. The normalized spacial score (nSPS) is 14.4. The van der Waals surface area contributed by atoms with Gasteiger partial charge in [0.1, 0.15) is 22.5 Å². The van der Waals surface area contributed by atoms with Gasteiger partial charge in [0.15, 0.2) is 0 Å². The minimum atomic E-state index is -0.131. The lowest BCUT2D eigenvalue weighted by atomic mass is 9.93. The molecule has 7 aromatic carbocycles. The van der Waals surface area contributed by atoms with Crippen LogP contribution in [0.4, 0.5) is 11.4 Å². The van der Waals surface area contributed by atoms with Crippen molar-refractivity contribution in [3.8, 4) is 5.69 Å². The van der Waals surface area contributed by atoms with Crippen molar-refractivity contribution < 1.29 is 8.83 Å². The van der Waals surface area contributed by atoms with Crippen LogP contribution in [-0.4, -0.2) is 4.57 Å². The fraction of sp³-hybridized carbons (Fsp3) is 0.0435. The van der Waals surface area contributed by atoms with Crippen LogP contribution in [-0.2, 0) is 0 Å². The number of hydrogen-bond acceptors (Lipinski definition) is 3. The van der Waals surface area contributed by atoms with Crippen LogP contribution in [0.25, 0.3) is 77.2 Å². The molecule has 0 N–H and O–H groups in total. The lowest BCUT2D eigenvalue weighted by Crippen LogP contribution is -2.25. The number of rotatable bonds is 4. The number of furan rings is 2. The van der Waals surface area contributed by atoms with E-state index in [4.69, 9.17) is 8.83 Å². The summed E-state index contributed by atoms with van der Waals surface area (Å²) in [6, 6.07) is 53.8. The molecule has 0 fully saturated rings. The van der Waals surface area contributed by atoms with Crippen molar-refractivity contribution in [3.05, 3.63) is 169 Å². The molecule has 1 aliphatic rings. The molecule has 1 aliphatic carbocycles. The summed E-state index contributed by atoms with van der Waals surface area (Å²) < 4.78 is 15.9. The number of aromatic nitrogens is 1. The molecule has 3 heterocycles. The average Bonchev–Trinajstić information content (AvgIpc) is 3.86. The van der Waals surface area contributed by atoms with Crippen LogP contribution in [0.15, 0.2) is 167 Å². The van der Waals surface area contributed by atoms with E-state index in [1.807, 2.05) is 6.07 Å². The van der Waals surface area contributed by atoms with E-state index in [-0.39, 0.29) is 6.04 Å².